The molecule has 1 N–H and O–H groups in total. The first-order valence-corrected chi connectivity index (χ1v) is 10.2. The zero-order chi connectivity index (χ0) is 19.4. The van der Waals surface area contributed by atoms with Gasteiger partial charge in [0.1, 0.15) is 0 Å². The SMILES string of the molecule is CCO[C@@]1(CCCCCCCCCCCCC(=O)O)OC(=O)C(C)=C1C. The van der Waals surface area contributed by atoms with Crippen LogP contribution in [0.1, 0.15) is 97.8 Å². The van der Waals surface area contributed by atoms with Crippen LogP contribution >= 0.6 is 0 Å². The number of cyclic esters (lactones) is 1. The Morgan fingerprint density at radius 2 is 1.46 bits per heavy atom. The highest BCUT2D eigenvalue weighted by molar-refractivity contribution is 5.92. The first-order valence-electron chi connectivity index (χ1n) is 10.2. The Labute approximate surface area is 158 Å². The molecule has 0 amide bonds. The zero-order valence-electron chi connectivity index (χ0n) is 16.8. The summed E-state index contributed by atoms with van der Waals surface area (Å²) in [5.41, 5.74) is 1.61. The maximum atomic E-state index is 11.8. The number of carboxylic acid groups (broad SMARTS) is 1. The van der Waals surface area contributed by atoms with Gasteiger partial charge in [0.05, 0.1) is 0 Å². The number of unbranched alkanes of at least 4 members (excludes halogenated alkanes) is 9. The summed E-state index contributed by atoms with van der Waals surface area (Å²) in [7, 11) is 0. The van der Waals surface area contributed by atoms with Crippen LogP contribution in [0.15, 0.2) is 11.1 Å². The van der Waals surface area contributed by atoms with Gasteiger partial charge in [-0.3, -0.25) is 4.79 Å². The number of rotatable bonds is 15. The van der Waals surface area contributed by atoms with Gasteiger partial charge in [0.25, 0.3) is 0 Å². The van der Waals surface area contributed by atoms with Crippen molar-refractivity contribution in [1.82, 2.24) is 0 Å². The number of hydrogen-bond donors (Lipinski definition) is 1. The molecule has 26 heavy (non-hydrogen) atoms. The van der Waals surface area contributed by atoms with Crippen LogP contribution in [-0.2, 0) is 19.1 Å². The van der Waals surface area contributed by atoms with E-state index in [1.807, 2.05) is 13.8 Å². The van der Waals surface area contributed by atoms with Crippen molar-refractivity contribution in [3.63, 3.8) is 0 Å². The first-order chi connectivity index (χ1) is 12.4. The second-order valence-corrected chi connectivity index (χ2v) is 7.25. The van der Waals surface area contributed by atoms with Crippen LogP contribution in [-0.4, -0.2) is 29.4 Å². The van der Waals surface area contributed by atoms with Crippen molar-refractivity contribution >= 4 is 11.9 Å². The maximum absolute atomic E-state index is 11.8. The quantitative estimate of drug-likeness (QED) is 0.310. The fourth-order valence-corrected chi connectivity index (χ4v) is 3.47. The van der Waals surface area contributed by atoms with Gasteiger partial charge in [-0.2, -0.15) is 0 Å². The highest BCUT2D eigenvalue weighted by atomic mass is 16.7. The van der Waals surface area contributed by atoms with E-state index in [1.165, 1.54) is 32.1 Å². The number of ether oxygens (including phenoxy) is 2. The van der Waals surface area contributed by atoms with E-state index in [-0.39, 0.29) is 5.97 Å². The number of esters is 1. The van der Waals surface area contributed by atoms with Crippen molar-refractivity contribution in [3.8, 4) is 0 Å². The summed E-state index contributed by atoms with van der Waals surface area (Å²) in [4.78, 5) is 22.2. The second kappa shape index (κ2) is 12.1. The normalized spacial score (nSPS) is 19.9. The molecule has 0 radical (unpaired) electrons. The van der Waals surface area contributed by atoms with E-state index < -0.39 is 11.8 Å². The molecule has 0 saturated heterocycles. The van der Waals surface area contributed by atoms with Crippen LogP contribution in [0, 0.1) is 0 Å². The molecule has 0 aromatic heterocycles. The molecule has 5 nitrogen and oxygen atoms in total. The molecular formula is C21H36O5. The van der Waals surface area contributed by atoms with Gasteiger partial charge < -0.3 is 14.6 Å². The van der Waals surface area contributed by atoms with E-state index in [1.54, 1.807) is 6.92 Å². The molecule has 5 heteroatoms. The lowest BCUT2D eigenvalue weighted by Gasteiger charge is -2.29. The number of hydrogen-bond acceptors (Lipinski definition) is 4. The summed E-state index contributed by atoms with van der Waals surface area (Å²) >= 11 is 0. The third kappa shape index (κ3) is 7.48. The van der Waals surface area contributed by atoms with Gasteiger partial charge in [-0.25, -0.2) is 4.79 Å². The molecule has 1 rings (SSSR count). The molecule has 1 aliphatic rings. The average molecular weight is 369 g/mol. The molecule has 0 spiro atoms. The van der Waals surface area contributed by atoms with Crippen molar-refractivity contribution in [2.45, 2.75) is 104 Å². The fourth-order valence-electron chi connectivity index (χ4n) is 3.47. The third-order valence-corrected chi connectivity index (χ3v) is 5.22. The van der Waals surface area contributed by atoms with Gasteiger partial charge in [-0.15, -0.1) is 0 Å². The lowest BCUT2D eigenvalue weighted by molar-refractivity contribution is -0.203. The van der Waals surface area contributed by atoms with E-state index >= 15 is 0 Å². The lowest BCUT2D eigenvalue weighted by Crippen LogP contribution is -2.35. The molecule has 0 fully saturated rings. The Kier molecular flexibility index (Phi) is 10.6. The van der Waals surface area contributed by atoms with Gasteiger partial charge >= 0.3 is 11.9 Å². The van der Waals surface area contributed by atoms with Crippen LogP contribution in [0.5, 0.6) is 0 Å². The van der Waals surface area contributed by atoms with Crippen LogP contribution < -0.4 is 0 Å². The van der Waals surface area contributed by atoms with Gasteiger partial charge in [0.15, 0.2) is 0 Å². The smallest absolute Gasteiger partial charge is 0.336 e. The Bertz CT molecular complexity index is 483. The van der Waals surface area contributed by atoms with E-state index in [4.69, 9.17) is 14.6 Å². The fraction of sp³-hybridized carbons (Fsp3) is 0.810. The minimum atomic E-state index is -0.828. The number of carbonyl (C=O) groups excluding carboxylic acids is 1. The topological polar surface area (TPSA) is 72.8 Å². The lowest BCUT2D eigenvalue weighted by atomic mass is 9.97. The van der Waals surface area contributed by atoms with Crippen LogP contribution in [0.2, 0.25) is 0 Å². The highest BCUT2D eigenvalue weighted by Gasteiger charge is 2.44. The van der Waals surface area contributed by atoms with Crippen molar-refractivity contribution in [2.75, 3.05) is 6.61 Å². The standard InChI is InChI=1S/C21H36O5/c1-4-25-21(18(3)17(2)20(24)26-21)16-14-12-10-8-6-5-7-9-11-13-15-19(22)23/h4-16H2,1-3H3,(H,22,23)/t21-/m0/s1. The largest absolute Gasteiger partial charge is 0.481 e. The molecule has 1 heterocycles. The Morgan fingerprint density at radius 1 is 0.962 bits per heavy atom. The molecule has 150 valence electrons. The monoisotopic (exact) mass is 368 g/mol. The molecule has 1 aliphatic heterocycles. The molecular weight excluding hydrogens is 332 g/mol. The third-order valence-electron chi connectivity index (χ3n) is 5.22. The minimum Gasteiger partial charge on any atom is -0.481 e. The molecule has 0 aromatic rings. The molecule has 0 aromatic carbocycles. The molecule has 1 atom stereocenters. The molecule has 0 aliphatic carbocycles. The van der Waals surface area contributed by atoms with Crippen molar-refractivity contribution < 1.29 is 24.2 Å². The predicted molar refractivity (Wildman–Crippen MR) is 102 cm³/mol. The minimum absolute atomic E-state index is 0.251. The second-order valence-electron chi connectivity index (χ2n) is 7.25. The number of aliphatic carboxylic acids is 1. The van der Waals surface area contributed by atoms with E-state index in [2.05, 4.69) is 0 Å². The van der Waals surface area contributed by atoms with Crippen LogP contribution in [0.25, 0.3) is 0 Å². The zero-order valence-corrected chi connectivity index (χ0v) is 16.8. The van der Waals surface area contributed by atoms with Gasteiger partial charge in [0.2, 0.25) is 5.79 Å². The van der Waals surface area contributed by atoms with Gasteiger partial charge in [-0.05, 0) is 33.6 Å². The van der Waals surface area contributed by atoms with Crippen molar-refractivity contribution in [3.05, 3.63) is 11.1 Å². The predicted octanol–water partition coefficient (Wildman–Crippen LogP) is 5.38. The van der Waals surface area contributed by atoms with Gasteiger partial charge in [0, 0.05) is 30.6 Å². The Morgan fingerprint density at radius 3 is 1.88 bits per heavy atom. The van der Waals surface area contributed by atoms with Crippen LogP contribution in [0.3, 0.4) is 0 Å². The first kappa shape index (κ1) is 22.7. The van der Waals surface area contributed by atoms with Crippen molar-refractivity contribution in [1.29, 1.82) is 0 Å². The van der Waals surface area contributed by atoms with E-state index in [9.17, 15) is 9.59 Å². The summed E-state index contributed by atoms with van der Waals surface area (Å²) in [5, 5.41) is 8.58. The van der Waals surface area contributed by atoms with E-state index in [0.29, 0.717) is 18.6 Å². The van der Waals surface area contributed by atoms with Crippen LogP contribution in [0.4, 0.5) is 0 Å². The Balaban J connectivity index is 2.08. The number of carboxylic acids is 1. The molecule has 0 unspecified atom stereocenters. The summed E-state index contributed by atoms with van der Waals surface area (Å²) in [6.45, 7) is 6.20. The summed E-state index contributed by atoms with van der Waals surface area (Å²) in [5.74, 6) is -1.77. The Hall–Kier alpha value is -1.36. The molecule has 0 bridgehead atoms. The molecule has 0 saturated carbocycles. The summed E-state index contributed by atoms with van der Waals surface area (Å²) in [6, 6.07) is 0. The van der Waals surface area contributed by atoms with E-state index in [0.717, 1.165) is 44.1 Å². The number of carbonyl (C=O) groups is 2. The van der Waals surface area contributed by atoms with Gasteiger partial charge in [-0.1, -0.05) is 51.4 Å². The maximum Gasteiger partial charge on any atom is 0.336 e. The average Bonchev–Trinajstić information content (AvgIpc) is 2.80. The van der Waals surface area contributed by atoms with Crippen molar-refractivity contribution in [2.24, 2.45) is 0 Å². The highest BCUT2D eigenvalue weighted by Crippen LogP contribution is 2.37. The summed E-state index contributed by atoms with van der Waals surface area (Å²) in [6.07, 6.45) is 12.2. The summed E-state index contributed by atoms with van der Waals surface area (Å²) < 4.78 is 11.4.